The van der Waals surface area contributed by atoms with Crippen molar-refractivity contribution in [1.82, 2.24) is 15.1 Å². The summed E-state index contributed by atoms with van der Waals surface area (Å²) in [5, 5.41) is 3.85. The number of aryl methyl sites for hydroxylation is 3. The summed E-state index contributed by atoms with van der Waals surface area (Å²) in [6, 6.07) is 0. The Morgan fingerprint density at radius 3 is 2.53 bits per heavy atom. The highest BCUT2D eigenvalue weighted by molar-refractivity contribution is 5.61. The quantitative estimate of drug-likeness (QED) is 0.763. The highest BCUT2D eigenvalue weighted by Gasteiger charge is 2.14. The monoisotopic (exact) mass is 204 g/mol. The highest BCUT2D eigenvalue weighted by atomic mass is 16.5. The molecule has 2 aromatic rings. The standard InChI is InChI=1S/C10H12N4O/c1-5-4-12-10(13-9(5)11)8-6(2)14-15-7(8)3/h4H,1-3H3,(H2,11,12,13). The molecule has 0 atom stereocenters. The lowest BCUT2D eigenvalue weighted by molar-refractivity contribution is 0.393. The fraction of sp³-hybridized carbons (Fsp3) is 0.300. The number of hydrogen-bond acceptors (Lipinski definition) is 5. The second-order valence-corrected chi connectivity index (χ2v) is 3.46. The number of aromatic nitrogens is 3. The minimum atomic E-state index is 0.486. The molecule has 0 aliphatic heterocycles. The van der Waals surface area contributed by atoms with Gasteiger partial charge in [-0.1, -0.05) is 5.16 Å². The molecule has 0 aliphatic rings. The van der Waals surface area contributed by atoms with E-state index in [-0.39, 0.29) is 0 Å². The van der Waals surface area contributed by atoms with E-state index in [4.69, 9.17) is 10.3 Å². The van der Waals surface area contributed by atoms with E-state index in [0.29, 0.717) is 17.4 Å². The first-order chi connectivity index (χ1) is 7.09. The van der Waals surface area contributed by atoms with Crippen LogP contribution in [0.1, 0.15) is 17.0 Å². The van der Waals surface area contributed by atoms with E-state index in [9.17, 15) is 0 Å². The molecule has 0 saturated carbocycles. The Balaban J connectivity index is 2.59. The van der Waals surface area contributed by atoms with Crippen molar-refractivity contribution in [3.05, 3.63) is 23.2 Å². The van der Waals surface area contributed by atoms with Crippen molar-refractivity contribution in [2.75, 3.05) is 5.73 Å². The Hall–Kier alpha value is -1.91. The molecule has 78 valence electrons. The lowest BCUT2D eigenvalue weighted by atomic mass is 10.2. The number of rotatable bonds is 1. The van der Waals surface area contributed by atoms with Gasteiger partial charge in [0.25, 0.3) is 0 Å². The van der Waals surface area contributed by atoms with Crippen LogP contribution in [0.3, 0.4) is 0 Å². The molecule has 0 spiro atoms. The second kappa shape index (κ2) is 3.34. The molecule has 0 aromatic carbocycles. The van der Waals surface area contributed by atoms with Crippen molar-refractivity contribution in [2.45, 2.75) is 20.8 Å². The third-order valence-electron chi connectivity index (χ3n) is 2.27. The minimum absolute atomic E-state index is 0.486. The topological polar surface area (TPSA) is 77.8 Å². The van der Waals surface area contributed by atoms with E-state index >= 15 is 0 Å². The Morgan fingerprint density at radius 1 is 1.27 bits per heavy atom. The maximum Gasteiger partial charge on any atom is 0.166 e. The summed E-state index contributed by atoms with van der Waals surface area (Å²) in [7, 11) is 0. The van der Waals surface area contributed by atoms with E-state index in [1.165, 1.54) is 0 Å². The van der Waals surface area contributed by atoms with Crippen molar-refractivity contribution in [2.24, 2.45) is 0 Å². The van der Waals surface area contributed by atoms with Gasteiger partial charge < -0.3 is 10.3 Å². The number of nitrogens with two attached hydrogens (primary N) is 1. The lowest BCUT2D eigenvalue weighted by Gasteiger charge is -2.01. The van der Waals surface area contributed by atoms with Crippen molar-refractivity contribution in [3.63, 3.8) is 0 Å². The smallest absolute Gasteiger partial charge is 0.166 e. The van der Waals surface area contributed by atoms with Crippen LogP contribution in [-0.4, -0.2) is 15.1 Å². The van der Waals surface area contributed by atoms with Crippen molar-refractivity contribution in [3.8, 4) is 11.4 Å². The Labute approximate surface area is 87.3 Å². The maximum absolute atomic E-state index is 5.72. The molecule has 2 rings (SSSR count). The van der Waals surface area contributed by atoms with Crippen molar-refractivity contribution >= 4 is 5.82 Å². The van der Waals surface area contributed by atoms with Crippen LogP contribution in [0.2, 0.25) is 0 Å². The van der Waals surface area contributed by atoms with Crippen LogP contribution in [-0.2, 0) is 0 Å². The predicted molar refractivity (Wildman–Crippen MR) is 56.2 cm³/mol. The molecule has 5 heteroatoms. The van der Waals surface area contributed by atoms with E-state index < -0.39 is 0 Å². The molecule has 0 radical (unpaired) electrons. The van der Waals surface area contributed by atoms with Crippen LogP contribution in [0.25, 0.3) is 11.4 Å². The average molecular weight is 204 g/mol. The summed E-state index contributed by atoms with van der Waals surface area (Å²) in [6.07, 6.45) is 1.70. The molecule has 0 bridgehead atoms. The van der Waals surface area contributed by atoms with Crippen LogP contribution in [0.15, 0.2) is 10.7 Å². The molecule has 0 amide bonds. The Kier molecular flexibility index (Phi) is 2.15. The first kappa shape index (κ1) is 9.64. The molecule has 0 fully saturated rings. The van der Waals surface area contributed by atoms with E-state index in [0.717, 1.165) is 16.8 Å². The summed E-state index contributed by atoms with van der Waals surface area (Å²) < 4.78 is 5.05. The molecule has 0 saturated heterocycles. The first-order valence-corrected chi connectivity index (χ1v) is 4.62. The molecule has 2 heterocycles. The minimum Gasteiger partial charge on any atom is -0.383 e. The average Bonchev–Trinajstić information content (AvgIpc) is 2.52. The fourth-order valence-corrected chi connectivity index (χ4v) is 1.38. The third kappa shape index (κ3) is 1.56. The molecule has 2 aromatic heterocycles. The lowest BCUT2D eigenvalue weighted by Crippen LogP contribution is -1.99. The second-order valence-electron chi connectivity index (χ2n) is 3.46. The van der Waals surface area contributed by atoms with Crippen LogP contribution < -0.4 is 5.73 Å². The molecule has 2 N–H and O–H groups in total. The zero-order chi connectivity index (χ0) is 11.0. The number of nitrogens with zero attached hydrogens (tertiary/aromatic N) is 3. The van der Waals surface area contributed by atoms with E-state index in [1.54, 1.807) is 6.20 Å². The Bertz CT molecular complexity index is 485. The van der Waals surface area contributed by atoms with Crippen LogP contribution in [0, 0.1) is 20.8 Å². The van der Waals surface area contributed by atoms with Gasteiger partial charge in [-0.2, -0.15) is 0 Å². The van der Waals surface area contributed by atoms with Gasteiger partial charge >= 0.3 is 0 Å². The normalized spacial score (nSPS) is 10.6. The molecule has 15 heavy (non-hydrogen) atoms. The van der Waals surface area contributed by atoms with Gasteiger partial charge in [-0.15, -0.1) is 0 Å². The molecular formula is C10H12N4O. The van der Waals surface area contributed by atoms with Crippen LogP contribution in [0.4, 0.5) is 5.82 Å². The first-order valence-electron chi connectivity index (χ1n) is 4.62. The molecule has 0 unspecified atom stereocenters. The van der Waals surface area contributed by atoms with E-state index in [1.807, 2.05) is 20.8 Å². The van der Waals surface area contributed by atoms with Gasteiger partial charge in [0.05, 0.1) is 11.3 Å². The zero-order valence-corrected chi connectivity index (χ0v) is 8.90. The predicted octanol–water partition coefficient (Wildman–Crippen LogP) is 1.64. The number of anilines is 1. The van der Waals surface area contributed by atoms with Gasteiger partial charge in [0, 0.05) is 11.8 Å². The number of nitrogen functional groups attached to an aromatic ring is 1. The van der Waals surface area contributed by atoms with Crippen LogP contribution >= 0.6 is 0 Å². The summed E-state index contributed by atoms with van der Waals surface area (Å²) in [4.78, 5) is 8.42. The zero-order valence-electron chi connectivity index (χ0n) is 8.90. The maximum atomic E-state index is 5.72. The van der Waals surface area contributed by atoms with Gasteiger partial charge in [0.2, 0.25) is 0 Å². The number of hydrogen-bond donors (Lipinski definition) is 1. The summed E-state index contributed by atoms with van der Waals surface area (Å²) in [5.41, 5.74) is 8.19. The van der Waals surface area contributed by atoms with Crippen molar-refractivity contribution in [1.29, 1.82) is 0 Å². The van der Waals surface area contributed by atoms with Gasteiger partial charge in [-0.3, -0.25) is 0 Å². The molecule has 0 aliphatic carbocycles. The van der Waals surface area contributed by atoms with Crippen LogP contribution in [0.5, 0.6) is 0 Å². The Morgan fingerprint density at radius 2 is 2.00 bits per heavy atom. The van der Waals surface area contributed by atoms with Gasteiger partial charge in [0.1, 0.15) is 11.6 Å². The molecular weight excluding hydrogens is 192 g/mol. The van der Waals surface area contributed by atoms with Gasteiger partial charge in [-0.25, -0.2) is 9.97 Å². The highest BCUT2D eigenvalue weighted by Crippen LogP contribution is 2.24. The SMILES string of the molecule is Cc1cnc(-c2c(C)noc2C)nc1N. The third-order valence-corrected chi connectivity index (χ3v) is 2.27. The van der Waals surface area contributed by atoms with Crippen molar-refractivity contribution < 1.29 is 4.52 Å². The summed E-state index contributed by atoms with van der Waals surface area (Å²) in [6.45, 7) is 5.55. The summed E-state index contributed by atoms with van der Waals surface area (Å²) >= 11 is 0. The fourth-order valence-electron chi connectivity index (χ4n) is 1.38. The van der Waals surface area contributed by atoms with Gasteiger partial charge in [-0.05, 0) is 20.8 Å². The van der Waals surface area contributed by atoms with E-state index in [2.05, 4.69) is 15.1 Å². The molecule has 5 nitrogen and oxygen atoms in total. The summed E-state index contributed by atoms with van der Waals surface area (Å²) in [5.74, 6) is 1.75. The van der Waals surface area contributed by atoms with Gasteiger partial charge in [0.15, 0.2) is 5.82 Å². The largest absolute Gasteiger partial charge is 0.383 e.